The average molecular weight is 278 g/mol. The van der Waals surface area contributed by atoms with Gasteiger partial charge >= 0.3 is 5.97 Å². The van der Waals surface area contributed by atoms with Gasteiger partial charge in [0.2, 0.25) is 0 Å². The van der Waals surface area contributed by atoms with E-state index in [4.69, 9.17) is 4.74 Å². The number of hydrogen-bond donors (Lipinski definition) is 1. The zero-order chi connectivity index (χ0) is 13.8. The highest BCUT2D eigenvalue weighted by molar-refractivity contribution is 7.91. The van der Waals surface area contributed by atoms with Gasteiger partial charge in [-0.15, -0.1) is 0 Å². The van der Waals surface area contributed by atoms with Gasteiger partial charge in [-0.1, -0.05) is 13.3 Å². The zero-order valence-corrected chi connectivity index (χ0v) is 11.8. The summed E-state index contributed by atoms with van der Waals surface area (Å²) in [5, 5.41) is 10.5. The van der Waals surface area contributed by atoms with Crippen LogP contribution < -0.4 is 0 Å². The Kier molecular flexibility index (Phi) is 5.16. The van der Waals surface area contributed by atoms with Gasteiger partial charge < -0.3 is 9.84 Å². The lowest BCUT2D eigenvalue weighted by atomic mass is 9.80. The Bertz CT molecular complexity index is 373. The molecule has 0 spiro atoms. The van der Waals surface area contributed by atoms with Crippen molar-refractivity contribution >= 4 is 15.8 Å². The number of rotatable bonds is 5. The number of aliphatic hydroxyl groups is 1. The molecule has 1 rings (SSSR count). The molecule has 0 saturated carbocycles. The minimum atomic E-state index is -3.05. The highest BCUT2D eigenvalue weighted by Gasteiger charge is 2.45. The summed E-state index contributed by atoms with van der Waals surface area (Å²) in [5.74, 6) is -1.13. The number of hydrogen-bond acceptors (Lipinski definition) is 5. The summed E-state index contributed by atoms with van der Waals surface area (Å²) in [7, 11) is -3.05. The second kappa shape index (κ2) is 6.02. The standard InChI is InChI=1S/C12H22O5S/c1-3-5-10(11(13)17-4-2)12(14)6-8-18(15,16)9-7-12/h10,14H,3-9H2,1-2H3. The molecule has 1 saturated heterocycles. The van der Waals surface area contributed by atoms with Crippen LogP contribution in [0.3, 0.4) is 0 Å². The number of carbonyl (C=O) groups is 1. The van der Waals surface area contributed by atoms with Crippen molar-refractivity contribution in [2.45, 2.75) is 45.1 Å². The largest absolute Gasteiger partial charge is 0.466 e. The molecule has 1 unspecified atom stereocenters. The molecule has 5 nitrogen and oxygen atoms in total. The first kappa shape index (κ1) is 15.4. The van der Waals surface area contributed by atoms with Crippen molar-refractivity contribution in [3.63, 3.8) is 0 Å². The smallest absolute Gasteiger partial charge is 0.311 e. The Hall–Kier alpha value is -0.620. The highest BCUT2D eigenvalue weighted by atomic mass is 32.2. The monoisotopic (exact) mass is 278 g/mol. The molecule has 0 aromatic heterocycles. The lowest BCUT2D eigenvalue weighted by molar-refractivity contribution is -0.159. The minimum Gasteiger partial charge on any atom is -0.466 e. The summed E-state index contributed by atoms with van der Waals surface area (Å²) < 4.78 is 27.8. The molecular formula is C12H22O5S. The van der Waals surface area contributed by atoms with Crippen molar-refractivity contribution in [1.29, 1.82) is 0 Å². The second-order valence-corrected chi connectivity index (χ2v) is 7.15. The van der Waals surface area contributed by atoms with Crippen molar-refractivity contribution in [3.05, 3.63) is 0 Å². The Morgan fingerprint density at radius 1 is 1.33 bits per heavy atom. The second-order valence-electron chi connectivity index (χ2n) is 4.85. The van der Waals surface area contributed by atoms with Gasteiger partial charge in [-0.05, 0) is 26.2 Å². The fourth-order valence-corrected chi connectivity index (χ4v) is 3.91. The predicted octanol–water partition coefficient (Wildman–Crippen LogP) is 0.905. The van der Waals surface area contributed by atoms with E-state index in [-0.39, 0.29) is 31.0 Å². The SMILES string of the molecule is CCCC(C(=O)OCC)C1(O)CCS(=O)(=O)CC1. The Balaban J connectivity index is 2.81. The summed E-state index contributed by atoms with van der Waals surface area (Å²) >= 11 is 0. The first-order chi connectivity index (χ1) is 8.34. The molecule has 6 heteroatoms. The van der Waals surface area contributed by atoms with Crippen molar-refractivity contribution in [3.8, 4) is 0 Å². The Morgan fingerprint density at radius 2 is 1.89 bits per heavy atom. The number of esters is 1. The maximum absolute atomic E-state index is 11.9. The molecule has 0 aromatic carbocycles. The van der Waals surface area contributed by atoms with Crippen LogP contribution in [0.15, 0.2) is 0 Å². The van der Waals surface area contributed by atoms with Crippen molar-refractivity contribution < 1.29 is 23.1 Å². The average Bonchev–Trinajstić information content (AvgIpc) is 2.31. The summed E-state index contributed by atoms with van der Waals surface area (Å²) in [5.41, 5.74) is -1.23. The van der Waals surface area contributed by atoms with Gasteiger partial charge in [-0.2, -0.15) is 0 Å². The van der Waals surface area contributed by atoms with E-state index in [9.17, 15) is 18.3 Å². The molecule has 1 fully saturated rings. The van der Waals surface area contributed by atoms with Crippen LogP contribution in [0.2, 0.25) is 0 Å². The van der Waals surface area contributed by atoms with Gasteiger partial charge in [0, 0.05) is 0 Å². The van der Waals surface area contributed by atoms with Crippen LogP contribution in [0.25, 0.3) is 0 Å². The van der Waals surface area contributed by atoms with Crippen LogP contribution in [0.1, 0.15) is 39.5 Å². The quantitative estimate of drug-likeness (QED) is 0.756. The summed E-state index contributed by atoms with van der Waals surface area (Å²) in [6.45, 7) is 3.92. The first-order valence-electron chi connectivity index (χ1n) is 6.44. The molecule has 18 heavy (non-hydrogen) atoms. The first-order valence-corrected chi connectivity index (χ1v) is 8.26. The molecule has 0 amide bonds. The third kappa shape index (κ3) is 3.68. The highest BCUT2D eigenvalue weighted by Crippen LogP contribution is 2.34. The van der Waals surface area contributed by atoms with Gasteiger partial charge in [0.25, 0.3) is 0 Å². The van der Waals surface area contributed by atoms with E-state index in [1.165, 1.54) is 0 Å². The van der Waals surface area contributed by atoms with Crippen LogP contribution in [-0.2, 0) is 19.4 Å². The van der Waals surface area contributed by atoms with E-state index in [0.717, 1.165) is 6.42 Å². The van der Waals surface area contributed by atoms with Crippen molar-refractivity contribution in [1.82, 2.24) is 0 Å². The van der Waals surface area contributed by atoms with Crippen molar-refractivity contribution in [2.75, 3.05) is 18.1 Å². The molecule has 1 aliphatic rings. The van der Waals surface area contributed by atoms with E-state index in [2.05, 4.69) is 0 Å². The predicted molar refractivity (Wildman–Crippen MR) is 67.9 cm³/mol. The number of sulfone groups is 1. The van der Waals surface area contributed by atoms with E-state index in [0.29, 0.717) is 6.42 Å². The van der Waals surface area contributed by atoms with Crippen molar-refractivity contribution in [2.24, 2.45) is 5.92 Å². The lowest BCUT2D eigenvalue weighted by Crippen LogP contribution is -2.48. The normalized spacial score (nSPS) is 23.3. The fourth-order valence-electron chi connectivity index (χ4n) is 2.38. The molecule has 1 heterocycles. The maximum Gasteiger partial charge on any atom is 0.311 e. The minimum absolute atomic E-state index is 0.0525. The third-order valence-corrected chi connectivity index (χ3v) is 5.14. The summed E-state index contributed by atoms with van der Waals surface area (Å²) in [4.78, 5) is 11.9. The van der Waals surface area contributed by atoms with E-state index < -0.39 is 27.3 Å². The molecule has 0 aromatic rings. The molecular weight excluding hydrogens is 256 g/mol. The molecule has 0 bridgehead atoms. The van der Waals surface area contributed by atoms with Crippen LogP contribution in [0.5, 0.6) is 0 Å². The third-order valence-electron chi connectivity index (χ3n) is 3.49. The van der Waals surface area contributed by atoms with Gasteiger partial charge in [-0.25, -0.2) is 8.42 Å². The molecule has 0 radical (unpaired) electrons. The topological polar surface area (TPSA) is 80.7 Å². The Morgan fingerprint density at radius 3 is 2.33 bits per heavy atom. The summed E-state index contributed by atoms with van der Waals surface area (Å²) in [6, 6.07) is 0. The van der Waals surface area contributed by atoms with E-state index in [1.807, 2.05) is 6.92 Å². The van der Waals surface area contributed by atoms with Gasteiger partial charge in [-0.3, -0.25) is 4.79 Å². The molecule has 1 aliphatic heterocycles. The maximum atomic E-state index is 11.9. The van der Waals surface area contributed by atoms with Crippen LogP contribution in [0.4, 0.5) is 0 Å². The summed E-state index contributed by atoms with van der Waals surface area (Å²) in [6.07, 6.45) is 1.52. The van der Waals surface area contributed by atoms with Crippen LogP contribution >= 0.6 is 0 Å². The van der Waals surface area contributed by atoms with Gasteiger partial charge in [0.15, 0.2) is 9.84 Å². The lowest BCUT2D eigenvalue weighted by Gasteiger charge is -2.37. The van der Waals surface area contributed by atoms with Gasteiger partial charge in [0.1, 0.15) is 0 Å². The molecule has 1 atom stereocenters. The van der Waals surface area contributed by atoms with Crippen LogP contribution in [-0.4, -0.2) is 43.2 Å². The molecule has 0 aliphatic carbocycles. The number of carbonyl (C=O) groups excluding carboxylic acids is 1. The van der Waals surface area contributed by atoms with E-state index in [1.54, 1.807) is 6.92 Å². The molecule has 1 N–H and O–H groups in total. The fraction of sp³-hybridized carbons (Fsp3) is 0.917. The number of ether oxygens (including phenoxy) is 1. The van der Waals surface area contributed by atoms with Gasteiger partial charge in [0.05, 0.1) is 29.6 Å². The van der Waals surface area contributed by atoms with E-state index >= 15 is 0 Å². The van der Waals surface area contributed by atoms with Crippen LogP contribution in [0, 0.1) is 5.92 Å². The zero-order valence-electron chi connectivity index (χ0n) is 11.0. The molecule has 106 valence electrons. The Labute approximate surface area is 108 Å².